The van der Waals surface area contributed by atoms with Crippen molar-refractivity contribution in [3.63, 3.8) is 0 Å². The maximum Gasteiger partial charge on any atom is 0.217 e. The van der Waals surface area contributed by atoms with Gasteiger partial charge in [-0.3, -0.25) is 4.79 Å². The Kier molecular flexibility index (Phi) is 8.67. The fourth-order valence-corrected chi connectivity index (χ4v) is 4.46. The average Bonchev–Trinajstić information content (AvgIpc) is 2.65. The van der Waals surface area contributed by atoms with Crippen molar-refractivity contribution in [3.05, 3.63) is 12.7 Å². The van der Waals surface area contributed by atoms with Crippen molar-refractivity contribution in [2.75, 3.05) is 13.2 Å². The molecule has 0 unspecified atom stereocenters. The molecule has 1 amide bonds. The quantitative estimate of drug-likeness (QED) is 0.246. The first-order chi connectivity index (χ1) is 13.2. The highest BCUT2D eigenvalue weighted by molar-refractivity contribution is 8.00. The number of carbonyl (C=O) groups excluding carboxylic acids is 1. The van der Waals surface area contributed by atoms with E-state index < -0.39 is 72.2 Å². The van der Waals surface area contributed by atoms with Crippen LogP contribution < -0.4 is 5.32 Å². The smallest absolute Gasteiger partial charge is 0.217 e. The lowest BCUT2D eigenvalue weighted by Crippen LogP contribution is -2.67. The Hall–Kier alpha value is -0.760. The van der Waals surface area contributed by atoms with Gasteiger partial charge in [-0.1, -0.05) is 13.0 Å². The van der Waals surface area contributed by atoms with Gasteiger partial charge in [0.05, 0.1) is 19.3 Å². The van der Waals surface area contributed by atoms with E-state index in [0.717, 1.165) is 11.8 Å². The molecule has 0 spiro atoms. The molecular weight excluding hydrogens is 394 g/mol. The maximum absolute atomic E-state index is 11.7. The first kappa shape index (κ1) is 23.5. The van der Waals surface area contributed by atoms with Crippen LogP contribution in [0.2, 0.25) is 0 Å². The third-order valence-corrected chi connectivity index (χ3v) is 6.07. The van der Waals surface area contributed by atoms with Crippen LogP contribution in [-0.4, -0.2) is 104 Å². The van der Waals surface area contributed by atoms with Crippen molar-refractivity contribution in [2.24, 2.45) is 0 Å². The molecule has 2 saturated heterocycles. The van der Waals surface area contributed by atoms with Crippen LogP contribution in [0.25, 0.3) is 0 Å². The van der Waals surface area contributed by atoms with Crippen LogP contribution in [0.4, 0.5) is 0 Å². The standard InChI is InChI=1S/C17H29NO9S/c1-4-5-25-16-10(18-8(3)20)15(12(22)9(6-19)26-16)27-17-14(24)13(23)11(21)7(2)28-17/h4,7,9-17,19,21-24H,1,5-6H2,2-3H3,(H,18,20)/t7-,9+,10+,11+,12+,13+,14-,15+,16+,17+/m0/s1. The molecule has 0 bridgehead atoms. The average molecular weight is 423 g/mol. The number of amides is 1. The number of hydrogen-bond acceptors (Lipinski definition) is 10. The predicted molar refractivity (Wildman–Crippen MR) is 99.2 cm³/mol. The number of aliphatic hydroxyl groups is 5. The Labute approximate surface area is 167 Å². The van der Waals surface area contributed by atoms with E-state index in [1.54, 1.807) is 6.92 Å². The number of nitrogens with one attached hydrogen (secondary N) is 1. The van der Waals surface area contributed by atoms with Crippen LogP contribution in [-0.2, 0) is 19.0 Å². The summed E-state index contributed by atoms with van der Waals surface area (Å²) in [6.07, 6.45) is -7.09. The second-order valence-corrected chi connectivity index (χ2v) is 8.33. The largest absolute Gasteiger partial charge is 0.394 e. The number of thioether (sulfide) groups is 1. The Balaban J connectivity index is 2.26. The molecule has 0 saturated carbocycles. The molecule has 6 N–H and O–H groups in total. The van der Waals surface area contributed by atoms with Crippen molar-refractivity contribution >= 4 is 17.7 Å². The van der Waals surface area contributed by atoms with Crippen molar-refractivity contribution in [3.8, 4) is 0 Å². The summed E-state index contributed by atoms with van der Waals surface area (Å²) in [6, 6.07) is -0.956. The summed E-state index contributed by atoms with van der Waals surface area (Å²) in [4.78, 5) is 11.7. The summed E-state index contributed by atoms with van der Waals surface area (Å²) in [5, 5.41) is 52.5. The monoisotopic (exact) mass is 423 g/mol. The number of rotatable bonds is 7. The maximum atomic E-state index is 11.7. The number of ether oxygens (including phenoxy) is 3. The van der Waals surface area contributed by atoms with Gasteiger partial charge in [-0.25, -0.2) is 0 Å². The molecule has 0 aliphatic carbocycles. The molecule has 11 heteroatoms. The van der Waals surface area contributed by atoms with Gasteiger partial charge in [0.15, 0.2) is 6.29 Å². The van der Waals surface area contributed by atoms with Gasteiger partial charge in [-0.15, -0.1) is 18.3 Å². The molecule has 0 radical (unpaired) electrons. The SMILES string of the molecule is C=CCO[C@@H]1O[C@H](CO)[C@@H](O)[C@H](O[C@@H]2S[C@@H](C)[C@@H](O)[C@@H](O)[C@@H]2O)[C@H]1NC(C)=O. The molecule has 2 rings (SSSR count). The molecule has 10 atom stereocenters. The van der Waals surface area contributed by atoms with Crippen LogP contribution in [0, 0.1) is 0 Å². The zero-order chi connectivity index (χ0) is 21.0. The van der Waals surface area contributed by atoms with Crippen molar-refractivity contribution in [1.29, 1.82) is 0 Å². The summed E-state index contributed by atoms with van der Waals surface area (Å²) in [5.74, 6) is -0.426. The molecule has 162 valence electrons. The zero-order valence-electron chi connectivity index (χ0n) is 15.7. The Morgan fingerprint density at radius 1 is 1.21 bits per heavy atom. The number of aliphatic hydroxyl groups excluding tert-OH is 5. The Morgan fingerprint density at radius 2 is 1.89 bits per heavy atom. The first-order valence-corrected chi connectivity index (χ1v) is 9.94. The lowest BCUT2D eigenvalue weighted by Gasteiger charge is -2.47. The molecule has 0 aromatic carbocycles. The number of carbonyl (C=O) groups is 1. The Morgan fingerprint density at radius 3 is 2.46 bits per heavy atom. The topological polar surface area (TPSA) is 158 Å². The highest BCUT2D eigenvalue weighted by Crippen LogP contribution is 2.36. The second kappa shape index (κ2) is 10.3. The van der Waals surface area contributed by atoms with Crippen LogP contribution >= 0.6 is 11.8 Å². The summed E-state index contributed by atoms with van der Waals surface area (Å²) < 4.78 is 16.9. The number of hydrogen-bond donors (Lipinski definition) is 6. The third-order valence-electron chi connectivity index (χ3n) is 4.70. The summed E-state index contributed by atoms with van der Waals surface area (Å²) in [6.45, 7) is 6.05. The van der Waals surface area contributed by atoms with Crippen LogP contribution in [0.15, 0.2) is 12.7 Å². The highest BCUT2D eigenvalue weighted by Gasteiger charge is 2.50. The van der Waals surface area contributed by atoms with E-state index in [4.69, 9.17) is 14.2 Å². The second-order valence-electron chi connectivity index (χ2n) is 6.85. The van der Waals surface area contributed by atoms with Gasteiger partial charge >= 0.3 is 0 Å². The molecule has 0 aromatic rings. The minimum atomic E-state index is -1.43. The van der Waals surface area contributed by atoms with Gasteiger partial charge in [0, 0.05) is 12.2 Å². The van der Waals surface area contributed by atoms with E-state index in [2.05, 4.69) is 11.9 Å². The summed E-state index contributed by atoms with van der Waals surface area (Å²) in [5.41, 5.74) is -0.998. The van der Waals surface area contributed by atoms with Gasteiger partial charge in [0.2, 0.25) is 5.91 Å². The van der Waals surface area contributed by atoms with Gasteiger partial charge in [0.1, 0.15) is 42.0 Å². The first-order valence-electron chi connectivity index (χ1n) is 9.00. The van der Waals surface area contributed by atoms with Crippen molar-refractivity contribution < 1.29 is 44.5 Å². The van der Waals surface area contributed by atoms with E-state index in [1.807, 2.05) is 0 Å². The van der Waals surface area contributed by atoms with Crippen LogP contribution in [0.3, 0.4) is 0 Å². The van der Waals surface area contributed by atoms with E-state index >= 15 is 0 Å². The fraction of sp³-hybridized carbons (Fsp3) is 0.824. The van der Waals surface area contributed by atoms with E-state index in [1.165, 1.54) is 13.0 Å². The van der Waals surface area contributed by atoms with Gasteiger partial charge in [0.25, 0.3) is 0 Å². The van der Waals surface area contributed by atoms with Crippen molar-refractivity contribution in [1.82, 2.24) is 5.32 Å². The van der Waals surface area contributed by atoms with Crippen LogP contribution in [0.1, 0.15) is 13.8 Å². The molecule has 2 aliphatic heterocycles. The molecule has 2 heterocycles. The Bertz CT molecular complexity index is 539. The fourth-order valence-electron chi connectivity index (χ4n) is 3.20. The van der Waals surface area contributed by atoms with E-state index in [0.29, 0.717) is 0 Å². The van der Waals surface area contributed by atoms with Gasteiger partial charge in [-0.05, 0) is 0 Å². The van der Waals surface area contributed by atoms with E-state index in [-0.39, 0.29) is 6.61 Å². The predicted octanol–water partition coefficient (Wildman–Crippen LogP) is -2.30. The highest BCUT2D eigenvalue weighted by atomic mass is 32.2. The van der Waals surface area contributed by atoms with Crippen molar-refractivity contribution in [2.45, 2.75) is 73.5 Å². The summed E-state index contributed by atoms with van der Waals surface area (Å²) in [7, 11) is 0. The van der Waals surface area contributed by atoms with Crippen LogP contribution in [0.5, 0.6) is 0 Å². The molecule has 0 aromatic heterocycles. The van der Waals surface area contributed by atoms with Gasteiger partial charge in [-0.2, -0.15) is 0 Å². The lowest BCUT2D eigenvalue weighted by atomic mass is 9.96. The molecule has 28 heavy (non-hydrogen) atoms. The molecule has 10 nitrogen and oxygen atoms in total. The summed E-state index contributed by atoms with van der Waals surface area (Å²) >= 11 is 1.08. The minimum Gasteiger partial charge on any atom is -0.394 e. The molecular formula is C17H29NO9S. The molecule has 2 fully saturated rings. The van der Waals surface area contributed by atoms with E-state index in [9.17, 15) is 30.3 Å². The minimum absolute atomic E-state index is 0.0878. The van der Waals surface area contributed by atoms with Gasteiger partial charge < -0.3 is 45.1 Å². The zero-order valence-corrected chi connectivity index (χ0v) is 16.6. The third kappa shape index (κ3) is 5.23. The lowest BCUT2D eigenvalue weighted by molar-refractivity contribution is -0.280. The normalized spacial score (nSPS) is 44.1. The molecule has 2 aliphatic rings.